The Morgan fingerprint density at radius 2 is 2.31 bits per heavy atom. The van der Waals surface area contributed by atoms with E-state index < -0.39 is 18.1 Å². The van der Waals surface area contributed by atoms with Crippen LogP contribution in [0.15, 0.2) is 18.7 Å². The van der Waals surface area contributed by atoms with Crippen molar-refractivity contribution in [3.05, 3.63) is 18.7 Å². The highest BCUT2D eigenvalue weighted by Crippen LogP contribution is 2.23. The summed E-state index contributed by atoms with van der Waals surface area (Å²) in [5, 5.41) is 18.8. The Labute approximate surface area is 93.1 Å². The molecule has 2 N–H and O–H groups in total. The van der Waals surface area contributed by atoms with Crippen LogP contribution in [0, 0.1) is 0 Å². The zero-order valence-electron chi connectivity index (χ0n) is 9.02. The van der Waals surface area contributed by atoms with Gasteiger partial charge in [-0.3, -0.25) is 9.69 Å². The first-order valence-corrected chi connectivity index (χ1v) is 5.22. The molecule has 6 heteroatoms. The van der Waals surface area contributed by atoms with Crippen molar-refractivity contribution in [2.24, 2.45) is 0 Å². The number of carbonyl (C=O) groups is 1. The third-order valence-electron chi connectivity index (χ3n) is 3.10. The van der Waals surface area contributed by atoms with Crippen molar-refractivity contribution >= 4 is 5.97 Å². The van der Waals surface area contributed by atoms with E-state index in [2.05, 4.69) is 4.98 Å². The molecule has 88 valence electrons. The second kappa shape index (κ2) is 4.23. The van der Waals surface area contributed by atoms with Crippen LogP contribution in [0.3, 0.4) is 0 Å². The lowest BCUT2D eigenvalue weighted by molar-refractivity contribution is -0.142. The van der Waals surface area contributed by atoms with Gasteiger partial charge >= 0.3 is 5.97 Å². The number of aliphatic hydroxyl groups is 1. The highest BCUT2D eigenvalue weighted by atomic mass is 16.4. The molecule has 0 bridgehead atoms. The average molecular weight is 225 g/mol. The fraction of sp³-hybridized carbons (Fsp3) is 0.600. The molecular formula is C10H15N3O3. The van der Waals surface area contributed by atoms with Gasteiger partial charge in [0.2, 0.25) is 0 Å². The van der Waals surface area contributed by atoms with Crippen LogP contribution < -0.4 is 0 Å². The standard InChI is InChI=1S/C10H15N3O3/c1-7(10(15)16)13-4-8(9(14)5-13)12-3-2-11-6-12/h2-3,6-9,14H,4-5H2,1H3,(H,15,16)/t7-,8-,9+/m1/s1. The molecule has 1 aromatic rings. The monoisotopic (exact) mass is 225 g/mol. The van der Waals surface area contributed by atoms with E-state index in [9.17, 15) is 9.90 Å². The Balaban J connectivity index is 2.07. The Hall–Kier alpha value is -1.40. The van der Waals surface area contributed by atoms with Crippen molar-refractivity contribution in [3.63, 3.8) is 0 Å². The first kappa shape index (κ1) is 11.1. The number of imidazole rings is 1. The van der Waals surface area contributed by atoms with Gasteiger partial charge in [-0.2, -0.15) is 0 Å². The van der Waals surface area contributed by atoms with Crippen molar-refractivity contribution in [1.29, 1.82) is 0 Å². The summed E-state index contributed by atoms with van der Waals surface area (Å²) in [6.07, 6.45) is 4.53. The SMILES string of the molecule is C[C@H](C(=O)O)N1C[C@@H](n2ccnc2)[C@@H](O)C1. The van der Waals surface area contributed by atoms with Crippen molar-refractivity contribution in [2.45, 2.75) is 25.1 Å². The van der Waals surface area contributed by atoms with Gasteiger partial charge in [-0.15, -0.1) is 0 Å². The molecule has 1 saturated heterocycles. The quantitative estimate of drug-likeness (QED) is 0.730. The highest BCUT2D eigenvalue weighted by Gasteiger charge is 2.36. The lowest BCUT2D eigenvalue weighted by Crippen LogP contribution is -2.37. The average Bonchev–Trinajstić information content (AvgIpc) is 2.84. The molecule has 0 unspecified atom stereocenters. The van der Waals surface area contributed by atoms with Crippen molar-refractivity contribution in [1.82, 2.24) is 14.5 Å². The minimum absolute atomic E-state index is 0.107. The maximum atomic E-state index is 10.8. The second-order valence-corrected chi connectivity index (χ2v) is 4.11. The third-order valence-corrected chi connectivity index (χ3v) is 3.10. The van der Waals surface area contributed by atoms with E-state index in [0.29, 0.717) is 13.1 Å². The summed E-state index contributed by atoms with van der Waals surface area (Å²) in [5.74, 6) is -0.863. The smallest absolute Gasteiger partial charge is 0.320 e. The summed E-state index contributed by atoms with van der Waals surface area (Å²) >= 11 is 0. The number of aliphatic carboxylic acids is 1. The van der Waals surface area contributed by atoms with E-state index in [-0.39, 0.29) is 6.04 Å². The number of carboxylic acid groups (broad SMARTS) is 1. The number of likely N-dealkylation sites (tertiary alicyclic amines) is 1. The number of rotatable bonds is 3. The normalized spacial score (nSPS) is 28.1. The Morgan fingerprint density at radius 3 is 2.88 bits per heavy atom. The first-order chi connectivity index (χ1) is 7.59. The van der Waals surface area contributed by atoms with Crippen molar-refractivity contribution < 1.29 is 15.0 Å². The molecule has 3 atom stereocenters. The molecule has 16 heavy (non-hydrogen) atoms. The number of nitrogens with zero attached hydrogens (tertiary/aromatic N) is 3. The zero-order chi connectivity index (χ0) is 11.7. The molecule has 2 rings (SSSR count). The van der Waals surface area contributed by atoms with Gasteiger partial charge in [0.1, 0.15) is 6.04 Å². The van der Waals surface area contributed by atoms with Gasteiger partial charge in [-0.25, -0.2) is 4.98 Å². The first-order valence-electron chi connectivity index (χ1n) is 5.22. The molecule has 0 spiro atoms. The number of aliphatic hydroxyl groups excluding tert-OH is 1. The highest BCUT2D eigenvalue weighted by molar-refractivity contribution is 5.72. The molecule has 2 heterocycles. The van der Waals surface area contributed by atoms with E-state index in [1.807, 2.05) is 4.57 Å². The van der Waals surface area contributed by atoms with Crippen LogP contribution in [0.1, 0.15) is 13.0 Å². The number of carboxylic acids is 1. The van der Waals surface area contributed by atoms with E-state index in [0.717, 1.165) is 0 Å². The third kappa shape index (κ3) is 1.94. The van der Waals surface area contributed by atoms with Gasteiger partial charge in [0.25, 0.3) is 0 Å². The van der Waals surface area contributed by atoms with Crippen molar-refractivity contribution in [2.75, 3.05) is 13.1 Å². The van der Waals surface area contributed by atoms with E-state index >= 15 is 0 Å². The molecule has 1 aliphatic heterocycles. The van der Waals surface area contributed by atoms with Crippen LogP contribution in [0.5, 0.6) is 0 Å². The zero-order valence-corrected chi connectivity index (χ0v) is 9.02. The molecular weight excluding hydrogens is 210 g/mol. The van der Waals surface area contributed by atoms with Gasteiger partial charge in [0.05, 0.1) is 18.5 Å². The summed E-state index contributed by atoms with van der Waals surface area (Å²) in [6.45, 7) is 2.55. The van der Waals surface area contributed by atoms with Crippen molar-refractivity contribution in [3.8, 4) is 0 Å². The number of hydrogen-bond acceptors (Lipinski definition) is 4. The lowest BCUT2D eigenvalue weighted by atomic mass is 10.2. The van der Waals surface area contributed by atoms with Crippen LogP contribution in [-0.2, 0) is 4.79 Å². The lowest BCUT2D eigenvalue weighted by Gasteiger charge is -2.20. The van der Waals surface area contributed by atoms with Gasteiger partial charge in [-0.1, -0.05) is 0 Å². The minimum Gasteiger partial charge on any atom is -0.480 e. The van der Waals surface area contributed by atoms with Gasteiger partial charge in [0, 0.05) is 25.5 Å². The molecule has 0 saturated carbocycles. The predicted octanol–water partition coefficient (Wildman–Crippen LogP) is -0.426. The molecule has 0 aromatic carbocycles. The predicted molar refractivity (Wildman–Crippen MR) is 55.9 cm³/mol. The molecule has 0 radical (unpaired) electrons. The largest absolute Gasteiger partial charge is 0.480 e. The number of hydrogen-bond donors (Lipinski definition) is 2. The second-order valence-electron chi connectivity index (χ2n) is 4.11. The fourth-order valence-electron chi connectivity index (χ4n) is 2.03. The molecule has 1 aromatic heterocycles. The summed E-state index contributed by atoms with van der Waals surface area (Å²) in [7, 11) is 0. The van der Waals surface area contributed by atoms with Gasteiger partial charge in [0.15, 0.2) is 0 Å². The van der Waals surface area contributed by atoms with Crippen LogP contribution in [0.2, 0.25) is 0 Å². The van der Waals surface area contributed by atoms with Crippen LogP contribution >= 0.6 is 0 Å². The molecule has 0 amide bonds. The van der Waals surface area contributed by atoms with E-state index in [4.69, 9.17) is 5.11 Å². The minimum atomic E-state index is -0.863. The molecule has 6 nitrogen and oxygen atoms in total. The van der Waals surface area contributed by atoms with Gasteiger partial charge in [-0.05, 0) is 6.92 Å². The Kier molecular flexibility index (Phi) is 2.93. The van der Waals surface area contributed by atoms with E-state index in [1.165, 1.54) is 0 Å². The van der Waals surface area contributed by atoms with Crippen LogP contribution in [0.25, 0.3) is 0 Å². The van der Waals surface area contributed by atoms with Gasteiger partial charge < -0.3 is 14.8 Å². The van der Waals surface area contributed by atoms with Crippen LogP contribution in [-0.4, -0.2) is 55.9 Å². The summed E-state index contributed by atoms with van der Waals surface area (Å²) in [4.78, 5) is 16.5. The fourth-order valence-corrected chi connectivity index (χ4v) is 2.03. The molecule has 0 aliphatic carbocycles. The summed E-state index contributed by atoms with van der Waals surface area (Å²) < 4.78 is 1.82. The number of β-amino-alcohol motifs (C(OH)–C–C–N with tert-alkyl or cyclic N) is 1. The van der Waals surface area contributed by atoms with E-state index in [1.54, 1.807) is 30.5 Å². The summed E-state index contributed by atoms with van der Waals surface area (Å²) in [6, 6.07) is -0.674. The maximum absolute atomic E-state index is 10.8. The summed E-state index contributed by atoms with van der Waals surface area (Å²) in [5.41, 5.74) is 0. The maximum Gasteiger partial charge on any atom is 0.320 e. The Bertz CT molecular complexity index is 365. The number of aromatic nitrogens is 2. The molecule has 1 aliphatic rings. The molecule has 1 fully saturated rings. The Morgan fingerprint density at radius 1 is 1.56 bits per heavy atom. The van der Waals surface area contributed by atoms with Crippen LogP contribution in [0.4, 0.5) is 0 Å². The topological polar surface area (TPSA) is 78.6 Å².